The summed E-state index contributed by atoms with van der Waals surface area (Å²) in [7, 11) is 0. The van der Waals surface area contributed by atoms with Crippen LogP contribution in [-0.4, -0.2) is 24.7 Å². The molecule has 0 aliphatic heterocycles. The minimum absolute atomic E-state index is 0.0300. The van der Waals surface area contributed by atoms with E-state index in [1.165, 1.54) is 0 Å². The van der Waals surface area contributed by atoms with E-state index in [0.717, 1.165) is 18.5 Å². The van der Waals surface area contributed by atoms with E-state index >= 15 is 0 Å². The molecule has 0 heterocycles. The highest BCUT2D eigenvalue weighted by atomic mass is 16.6. The molecule has 0 fully saturated rings. The van der Waals surface area contributed by atoms with Crippen LogP contribution < -0.4 is 11.1 Å². The molecular weight excluding hydrogens is 252 g/mol. The second-order valence-corrected chi connectivity index (χ2v) is 5.85. The number of benzene rings is 1. The molecule has 0 unspecified atom stereocenters. The molecule has 112 valence electrons. The van der Waals surface area contributed by atoms with E-state index in [-0.39, 0.29) is 12.0 Å². The first-order chi connectivity index (χ1) is 9.42. The van der Waals surface area contributed by atoms with Crippen LogP contribution in [0.1, 0.15) is 45.2 Å². The van der Waals surface area contributed by atoms with Gasteiger partial charge in [0.05, 0.1) is 6.42 Å². The highest BCUT2D eigenvalue weighted by molar-refractivity contribution is 5.71. The second-order valence-electron chi connectivity index (χ2n) is 5.85. The molecule has 0 spiro atoms. The molecule has 0 aliphatic rings. The average Bonchev–Trinajstić information content (AvgIpc) is 2.37. The van der Waals surface area contributed by atoms with Crippen molar-refractivity contribution in [2.45, 2.75) is 45.3 Å². The Balaban J connectivity index is 2.65. The lowest BCUT2D eigenvalue weighted by Gasteiger charge is -2.23. The van der Waals surface area contributed by atoms with E-state index in [9.17, 15) is 4.79 Å². The Labute approximate surface area is 121 Å². The predicted molar refractivity (Wildman–Crippen MR) is 81.3 cm³/mol. The Kier molecular flexibility index (Phi) is 6.68. The van der Waals surface area contributed by atoms with Gasteiger partial charge in [0, 0.05) is 6.04 Å². The first-order valence-corrected chi connectivity index (χ1v) is 7.12. The maximum atomic E-state index is 12.0. The summed E-state index contributed by atoms with van der Waals surface area (Å²) in [6.07, 6.45) is 1.21. The van der Waals surface area contributed by atoms with Crippen molar-refractivity contribution in [3.8, 4) is 0 Å². The number of esters is 1. The molecule has 1 aromatic carbocycles. The summed E-state index contributed by atoms with van der Waals surface area (Å²) in [4.78, 5) is 12.0. The van der Waals surface area contributed by atoms with Crippen LogP contribution in [-0.2, 0) is 9.53 Å². The van der Waals surface area contributed by atoms with Gasteiger partial charge in [0.25, 0.3) is 0 Å². The summed E-state index contributed by atoms with van der Waals surface area (Å²) in [5, 5.41) is 3.37. The third kappa shape index (κ3) is 6.68. The molecule has 0 amide bonds. The lowest BCUT2D eigenvalue weighted by atomic mass is 10.0. The first kappa shape index (κ1) is 16.7. The Morgan fingerprint density at radius 3 is 2.50 bits per heavy atom. The molecule has 0 radical (unpaired) electrons. The molecule has 4 nitrogen and oxygen atoms in total. The molecule has 0 aromatic heterocycles. The Bertz CT molecular complexity index is 399. The average molecular weight is 278 g/mol. The smallest absolute Gasteiger partial charge is 0.308 e. The molecule has 0 bridgehead atoms. The van der Waals surface area contributed by atoms with Crippen LogP contribution in [0.25, 0.3) is 0 Å². The van der Waals surface area contributed by atoms with E-state index in [2.05, 4.69) is 5.32 Å². The minimum atomic E-state index is -0.449. The van der Waals surface area contributed by atoms with Crippen LogP contribution in [0, 0.1) is 0 Å². The molecule has 4 heteroatoms. The SMILES string of the molecule is CC(C)(C)OC(=O)C[C@H](NCCCN)c1ccccc1. The molecule has 0 saturated carbocycles. The summed E-state index contributed by atoms with van der Waals surface area (Å²) in [6.45, 7) is 7.07. The quantitative estimate of drug-likeness (QED) is 0.594. The predicted octanol–water partition coefficient (Wildman–Crippen LogP) is 2.40. The summed E-state index contributed by atoms with van der Waals surface area (Å²) >= 11 is 0. The standard InChI is InChI=1S/C16H26N2O2/c1-16(2,3)20-15(19)12-14(18-11-7-10-17)13-8-5-4-6-9-13/h4-6,8-9,14,18H,7,10-12,17H2,1-3H3/t14-/m0/s1. The number of carbonyl (C=O) groups excluding carboxylic acids is 1. The second kappa shape index (κ2) is 8.02. The molecule has 1 rings (SSSR count). The highest BCUT2D eigenvalue weighted by Crippen LogP contribution is 2.19. The third-order valence-corrected chi connectivity index (χ3v) is 2.76. The van der Waals surface area contributed by atoms with Crippen molar-refractivity contribution >= 4 is 5.97 Å². The van der Waals surface area contributed by atoms with Gasteiger partial charge in [-0.05, 0) is 45.8 Å². The molecule has 3 N–H and O–H groups in total. The van der Waals surface area contributed by atoms with E-state index in [0.29, 0.717) is 13.0 Å². The zero-order chi connectivity index (χ0) is 15.0. The van der Waals surface area contributed by atoms with Crippen molar-refractivity contribution in [3.63, 3.8) is 0 Å². The summed E-state index contributed by atoms with van der Waals surface area (Å²) in [6, 6.07) is 9.92. The van der Waals surface area contributed by atoms with Gasteiger partial charge in [-0.15, -0.1) is 0 Å². The lowest BCUT2D eigenvalue weighted by molar-refractivity contribution is -0.155. The minimum Gasteiger partial charge on any atom is -0.460 e. The van der Waals surface area contributed by atoms with Crippen LogP contribution in [0.5, 0.6) is 0 Å². The molecule has 1 aromatic rings. The zero-order valence-corrected chi connectivity index (χ0v) is 12.7. The zero-order valence-electron chi connectivity index (χ0n) is 12.7. The van der Waals surface area contributed by atoms with Crippen molar-refractivity contribution in [2.75, 3.05) is 13.1 Å². The molecule has 0 aliphatic carbocycles. The maximum absolute atomic E-state index is 12.0. The van der Waals surface area contributed by atoms with Crippen LogP contribution in [0.2, 0.25) is 0 Å². The fourth-order valence-corrected chi connectivity index (χ4v) is 1.92. The van der Waals surface area contributed by atoms with Gasteiger partial charge in [-0.1, -0.05) is 30.3 Å². The number of rotatable bonds is 7. The van der Waals surface area contributed by atoms with Gasteiger partial charge in [0.1, 0.15) is 5.60 Å². The maximum Gasteiger partial charge on any atom is 0.308 e. The monoisotopic (exact) mass is 278 g/mol. The largest absolute Gasteiger partial charge is 0.460 e. The molecule has 0 saturated heterocycles. The van der Waals surface area contributed by atoms with Gasteiger partial charge in [-0.3, -0.25) is 4.79 Å². The van der Waals surface area contributed by atoms with Crippen molar-refractivity contribution in [3.05, 3.63) is 35.9 Å². The van der Waals surface area contributed by atoms with Crippen molar-refractivity contribution in [1.82, 2.24) is 5.32 Å². The van der Waals surface area contributed by atoms with E-state index in [1.807, 2.05) is 51.1 Å². The Morgan fingerprint density at radius 1 is 1.30 bits per heavy atom. The normalized spacial score (nSPS) is 13.0. The fourth-order valence-electron chi connectivity index (χ4n) is 1.92. The van der Waals surface area contributed by atoms with Crippen molar-refractivity contribution in [2.24, 2.45) is 5.73 Å². The number of hydrogen-bond acceptors (Lipinski definition) is 4. The van der Waals surface area contributed by atoms with Crippen molar-refractivity contribution in [1.29, 1.82) is 0 Å². The van der Waals surface area contributed by atoms with Gasteiger partial charge in [-0.25, -0.2) is 0 Å². The summed E-state index contributed by atoms with van der Waals surface area (Å²) < 4.78 is 5.39. The van der Waals surface area contributed by atoms with Gasteiger partial charge >= 0.3 is 5.97 Å². The Morgan fingerprint density at radius 2 is 1.95 bits per heavy atom. The van der Waals surface area contributed by atoms with Gasteiger partial charge < -0.3 is 15.8 Å². The van der Waals surface area contributed by atoms with Crippen LogP contribution in [0.15, 0.2) is 30.3 Å². The van der Waals surface area contributed by atoms with Crippen LogP contribution in [0.4, 0.5) is 0 Å². The van der Waals surface area contributed by atoms with E-state index in [1.54, 1.807) is 0 Å². The van der Waals surface area contributed by atoms with Gasteiger partial charge in [0.15, 0.2) is 0 Å². The fraction of sp³-hybridized carbons (Fsp3) is 0.562. The summed E-state index contributed by atoms with van der Waals surface area (Å²) in [5.74, 6) is -0.188. The number of nitrogens with one attached hydrogen (secondary N) is 1. The van der Waals surface area contributed by atoms with E-state index in [4.69, 9.17) is 10.5 Å². The number of hydrogen-bond donors (Lipinski definition) is 2. The van der Waals surface area contributed by atoms with Gasteiger partial charge in [0.2, 0.25) is 0 Å². The first-order valence-electron chi connectivity index (χ1n) is 7.12. The third-order valence-electron chi connectivity index (χ3n) is 2.76. The highest BCUT2D eigenvalue weighted by Gasteiger charge is 2.21. The molecular formula is C16H26N2O2. The number of nitrogens with two attached hydrogens (primary N) is 1. The van der Waals surface area contributed by atoms with Crippen molar-refractivity contribution < 1.29 is 9.53 Å². The Hall–Kier alpha value is -1.39. The lowest BCUT2D eigenvalue weighted by Crippen LogP contribution is -2.30. The van der Waals surface area contributed by atoms with Gasteiger partial charge in [-0.2, -0.15) is 0 Å². The number of carbonyl (C=O) groups is 1. The van der Waals surface area contributed by atoms with Crippen LogP contribution >= 0.6 is 0 Å². The van der Waals surface area contributed by atoms with E-state index < -0.39 is 5.60 Å². The topological polar surface area (TPSA) is 64.3 Å². The van der Waals surface area contributed by atoms with Crippen LogP contribution in [0.3, 0.4) is 0 Å². The molecule has 20 heavy (non-hydrogen) atoms. The molecule has 1 atom stereocenters. The summed E-state index contributed by atoms with van der Waals surface area (Å²) in [5.41, 5.74) is 6.15. The number of ether oxygens (including phenoxy) is 1.